The van der Waals surface area contributed by atoms with Crippen molar-refractivity contribution in [1.82, 2.24) is 14.8 Å². The minimum Gasteiger partial charge on any atom is -0.398 e. The van der Waals surface area contributed by atoms with Gasteiger partial charge in [0.05, 0.1) is 11.2 Å². The molecule has 0 radical (unpaired) electrons. The van der Waals surface area contributed by atoms with Gasteiger partial charge in [-0.1, -0.05) is 25.1 Å². The molecule has 0 aliphatic heterocycles. The number of anilines is 1. The fourth-order valence-electron chi connectivity index (χ4n) is 2.77. The lowest BCUT2D eigenvalue weighted by molar-refractivity contribution is 0.172. The number of likely N-dealkylation sites (N-methyl/N-ethyl adjacent to an activating group) is 2. The molecule has 4 nitrogen and oxygen atoms in total. The maximum Gasteiger partial charge on any atom is 0.0726 e. The molecular weight excluding hydrogens is 260 g/mol. The molecule has 0 aliphatic rings. The molecule has 0 saturated carbocycles. The monoisotopic (exact) mass is 286 g/mol. The van der Waals surface area contributed by atoms with Gasteiger partial charge in [-0.2, -0.15) is 0 Å². The molecule has 0 bridgehead atoms. The molecule has 0 spiro atoms. The van der Waals surface area contributed by atoms with Crippen molar-refractivity contribution in [2.45, 2.75) is 26.4 Å². The standard InChI is InChI=1S/C17H26N4/c1-5-21(13(2)11-20(3)4)12-14-10-16(18)15-8-6-7-9-17(15)19-14/h6-10,13H,5,11-12H2,1-4H3,(H2,18,19). The molecule has 114 valence electrons. The van der Waals surface area contributed by atoms with E-state index < -0.39 is 0 Å². The van der Waals surface area contributed by atoms with Crippen molar-refractivity contribution in [3.8, 4) is 0 Å². The first-order valence-corrected chi connectivity index (χ1v) is 7.54. The van der Waals surface area contributed by atoms with Crippen LogP contribution in [0.1, 0.15) is 19.5 Å². The topological polar surface area (TPSA) is 45.4 Å². The van der Waals surface area contributed by atoms with Gasteiger partial charge >= 0.3 is 0 Å². The summed E-state index contributed by atoms with van der Waals surface area (Å²) in [5, 5.41) is 1.03. The van der Waals surface area contributed by atoms with E-state index in [1.54, 1.807) is 0 Å². The van der Waals surface area contributed by atoms with E-state index in [4.69, 9.17) is 10.7 Å². The lowest BCUT2D eigenvalue weighted by Gasteiger charge is -2.29. The van der Waals surface area contributed by atoms with E-state index in [-0.39, 0.29) is 0 Å². The highest BCUT2D eigenvalue weighted by molar-refractivity contribution is 5.90. The Kier molecular flexibility index (Phi) is 5.15. The summed E-state index contributed by atoms with van der Waals surface area (Å²) in [7, 11) is 4.22. The highest BCUT2D eigenvalue weighted by Gasteiger charge is 2.14. The normalized spacial score (nSPS) is 13.2. The van der Waals surface area contributed by atoms with Crippen LogP contribution >= 0.6 is 0 Å². The van der Waals surface area contributed by atoms with E-state index in [0.717, 1.165) is 41.9 Å². The van der Waals surface area contributed by atoms with E-state index in [0.29, 0.717) is 6.04 Å². The summed E-state index contributed by atoms with van der Waals surface area (Å²) in [5.74, 6) is 0. The second-order valence-corrected chi connectivity index (χ2v) is 5.89. The molecule has 1 aromatic carbocycles. The number of fused-ring (bicyclic) bond motifs is 1. The minimum atomic E-state index is 0.486. The Hall–Kier alpha value is -1.65. The van der Waals surface area contributed by atoms with Crippen LogP contribution in [0.25, 0.3) is 10.9 Å². The van der Waals surface area contributed by atoms with Gasteiger partial charge in [0, 0.05) is 30.2 Å². The smallest absolute Gasteiger partial charge is 0.0726 e. The molecule has 4 heteroatoms. The molecule has 1 heterocycles. The molecule has 2 rings (SSSR count). The van der Waals surface area contributed by atoms with Gasteiger partial charge in [-0.3, -0.25) is 9.88 Å². The predicted molar refractivity (Wildman–Crippen MR) is 90.3 cm³/mol. The van der Waals surface area contributed by atoms with Crippen LogP contribution in [0.2, 0.25) is 0 Å². The predicted octanol–water partition coefficient (Wildman–Crippen LogP) is 2.59. The number of benzene rings is 1. The Morgan fingerprint density at radius 2 is 1.95 bits per heavy atom. The number of hydrogen-bond donors (Lipinski definition) is 1. The Labute approximate surface area is 127 Å². The van der Waals surface area contributed by atoms with Crippen molar-refractivity contribution in [3.63, 3.8) is 0 Å². The number of aromatic nitrogens is 1. The van der Waals surface area contributed by atoms with Gasteiger partial charge in [0.25, 0.3) is 0 Å². The summed E-state index contributed by atoms with van der Waals surface area (Å²) < 4.78 is 0. The summed E-state index contributed by atoms with van der Waals surface area (Å²) >= 11 is 0. The molecule has 21 heavy (non-hydrogen) atoms. The summed E-state index contributed by atoms with van der Waals surface area (Å²) in [6, 6.07) is 10.5. The fraction of sp³-hybridized carbons (Fsp3) is 0.471. The third-order valence-corrected chi connectivity index (χ3v) is 3.83. The van der Waals surface area contributed by atoms with Gasteiger partial charge in [0.2, 0.25) is 0 Å². The molecule has 1 atom stereocenters. The molecule has 2 aromatic rings. The molecule has 0 aliphatic carbocycles. The minimum absolute atomic E-state index is 0.486. The van der Waals surface area contributed by atoms with Crippen molar-refractivity contribution < 1.29 is 0 Å². The zero-order chi connectivity index (χ0) is 15.4. The summed E-state index contributed by atoms with van der Waals surface area (Å²) in [4.78, 5) is 9.39. The van der Waals surface area contributed by atoms with Crippen LogP contribution in [-0.2, 0) is 6.54 Å². The van der Waals surface area contributed by atoms with E-state index >= 15 is 0 Å². The lowest BCUT2D eigenvalue weighted by Crippen LogP contribution is -2.39. The lowest BCUT2D eigenvalue weighted by atomic mass is 10.1. The van der Waals surface area contributed by atoms with Crippen molar-refractivity contribution in [1.29, 1.82) is 0 Å². The molecule has 1 aromatic heterocycles. The van der Waals surface area contributed by atoms with E-state index in [2.05, 4.69) is 37.7 Å². The highest BCUT2D eigenvalue weighted by atomic mass is 15.2. The first kappa shape index (κ1) is 15.7. The van der Waals surface area contributed by atoms with E-state index in [9.17, 15) is 0 Å². The first-order chi connectivity index (χ1) is 10.0. The third kappa shape index (κ3) is 3.93. The van der Waals surface area contributed by atoms with Crippen LogP contribution in [-0.4, -0.2) is 48.0 Å². The van der Waals surface area contributed by atoms with Crippen molar-refractivity contribution in [3.05, 3.63) is 36.0 Å². The Bertz CT molecular complexity index is 594. The van der Waals surface area contributed by atoms with Gasteiger partial charge < -0.3 is 10.6 Å². The van der Waals surface area contributed by atoms with Gasteiger partial charge in [-0.25, -0.2) is 0 Å². The SMILES string of the molecule is CCN(Cc1cc(N)c2ccccc2n1)C(C)CN(C)C. The molecule has 1 unspecified atom stereocenters. The number of para-hydroxylation sites is 1. The van der Waals surface area contributed by atoms with Gasteiger partial charge in [0.1, 0.15) is 0 Å². The molecule has 0 saturated heterocycles. The van der Waals surface area contributed by atoms with Gasteiger partial charge in [-0.15, -0.1) is 0 Å². The maximum atomic E-state index is 6.16. The van der Waals surface area contributed by atoms with Crippen LogP contribution in [0.5, 0.6) is 0 Å². The molecule has 2 N–H and O–H groups in total. The van der Waals surface area contributed by atoms with Crippen LogP contribution in [0.3, 0.4) is 0 Å². The number of hydrogen-bond acceptors (Lipinski definition) is 4. The average molecular weight is 286 g/mol. The average Bonchev–Trinajstić information content (AvgIpc) is 2.44. The zero-order valence-electron chi connectivity index (χ0n) is 13.5. The van der Waals surface area contributed by atoms with E-state index in [1.807, 2.05) is 30.3 Å². The number of nitrogen functional groups attached to an aromatic ring is 1. The van der Waals surface area contributed by atoms with Crippen molar-refractivity contribution in [2.24, 2.45) is 0 Å². The summed E-state index contributed by atoms with van der Waals surface area (Å²) in [6.07, 6.45) is 0. The molecule has 0 fully saturated rings. The number of nitrogens with zero attached hydrogens (tertiary/aromatic N) is 3. The maximum absolute atomic E-state index is 6.16. The summed E-state index contributed by atoms with van der Waals surface area (Å²) in [5.41, 5.74) is 8.99. The second-order valence-electron chi connectivity index (χ2n) is 5.89. The van der Waals surface area contributed by atoms with Crippen LogP contribution in [0, 0.1) is 0 Å². The largest absolute Gasteiger partial charge is 0.398 e. The Morgan fingerprint density at radius 3 is 2.62 bits per heavy atom. The van der Waals surface area contributed by atoms with Crippen LogP contribution in [0.4, 0.5) is 5.69 Å². The van der Waals surface area contributed by atoms with Crippen molar-refractivity contribution >= 4 is 16.6 Å². The number of rotatable bonds is 6. The second kappa shape index (κ2) is 6.87. The molecule has 0 amide bonds. The van der Waals surface area contributed by atoms with Crippen molar-refractivity contribution in [2.75, 3.05) is 32.9 Å². The zero-order valence-corrected chi connectivity index (χ0v) is 13.5. The van der Waals surface area contributed by atoms with Crippen LogP contribution in [0.15, 0.2) is 30.3 Å². The highest BCUT2D eigenvalue weighted by Crippen LogP contribution is 2.21. The number of pyridine rings is 1. The first-order valence-electron chi connectivity index (χ1n) is 7.54. The molecular formula is C17H26N4. The van der Waals surface area contributed by atoms with E-state index in [1.165, 1.54) is 0 Å². The number of nitrogens with two attached hydrogens (primary N) is 1. The Balaban J connectivity index is 2.21. The summed E-state index contributed by atoms with van der Waals surface area (Å²) in [6.45, 7) is 7.32. The van der Waals surface area contributed by atoms with Crippen LogP contribution < -0.4 is 5.73 Å². The van der Waals surface area contributed by atoms with Gasteiger partial charge in [0.15, 0.2) is 0 Å². The fourth-order valence-corrected chi connectivity index (χ4v) is 2.77. The quantitative estimate of drug-likeness (QED) is 0.886. The van der Waals surface area contributed by atoms with Gasteiger partial charge in [-0.05, 0) is 39.7 Å². The Morgan fingerprint density at radius 1 is 1.24 bits per heavy atom. The third-order valence-electron chi connectivity index (χ3n) is 3.83.